The second-order valence-electron chi connectivity index (χ2n) is 4.94. The number of aliphatic hydroxyl groups is 1. The van der Waals surface area contributed by atoms with Gasteiger partial charge in [0.2, 0.25) is 0 Å². The van der Waals surface area contributed by atoms with Crippen LogP contribution in [0.2, 0.25) is 0 Å². The molecule has 5 heteroatoms. The average Bonchev–Trinajstić information content (AvgIpc) is 2.25. The third-order valence-corrected chi connectivity index (χ3v) is 3.08. The number of hydrogen-bond acceptors (Lipinski definition) is 2. The quantitative estimate of drug-likeness (QED) is 0.869. The molecule has 0 amide bonds. The van der Waals surface area contributed by atoms with Gasteiger partial charge in [-0.1, -0.05) is 19.9 Å². The van der Waals surface area contributed by atoms with E-state index in [0.29, 0.717) is 5.69 Å². The summed E-state index contributed by atoms with van der Waals surface area (Å²) in [6.07, 6.45) is -4.35. The Bertz CT molecular complexity index is 399. The van der Waals surface area contributed by atoms with Crippen molar-refractivity contribution in [2.75, 3.05) is 11.9 Å². The highest BCUT2D eigenvalue weighted by Gasteiger charge is 2.30. The molecule has 0 heterocycles. The van der Waals surface area contributed by atoms with Crippen molar-refractivity contribution in [3.05, 3.63) is 29.8 Å². The molecule has 0 aliphatic carbocycles. The lowest BCUT2D eigenvalue weighted by Gasteiger charge is -2.28. The summed E-state index contributed by atoms with van der Waals surface area (Å²) in [5, 5.41) is 12.8. The van der Waals surface area contributed by atoms with Gasteiger partial charge in [0.15, 0.2) is 0 Å². The zero-order valence-electron chi connectivity index (χ0n) is 10.7. The van der Waals surface area contributed by atoms with Crippen molar-refractivity contribution < 1.29 is 18.3 Å². The van der Waals surface area contributed by atoms with Gasteiger partial charge in [-0.2, -0.15) is 13.2 Å². The number of rotatable bonds is 4. The van der Waals surface area contributed by atoms with Gasteiger partial charge in [0.05, 0.1) is 11.2 Å². The number of nitrogens with one attached hydrogen (secondary N) is 1. The molecule has 0 fully saturated rings. The fraction of sp³-hybridized carbons (Fsp3) is 0.538. The summed E-state index contributed by atoms with van der Waals surface area (Å²) in [5.74, 6) is 0.01000. The van der Waals surface area contributed by atoms with Crippen LogP contribution < -0.4 is 5.32 Å². The fourth-order valence-corrected chi connectivity index (χ4v) is 1.29. The van der Waals surface area contributed by atoms with Crippen LogP contribution in [-0.4, -0.2) is 17.3 Å². The second kappa shape index (κ2) is 5.18. The first-order valence-electron chi connectivity index (χ1n) is 5.76. The maximum Gasteiger partial charge on any atom is 0.416 e. The van der Waals surface area contributed by atoms with Crippen LogP contribution in [0.15, 0.2) is 24.3 Å². The Balaban J connectivity index is 2.75. The molecule has 0 saturated carbocycles. The molecule has 1 aromatic rings. The Morgan fingerprint density at radius 2 is 1.89 bits per heavy atom. The van der Waals surface area contributed by atoms with Gasteiger partial charge in [0.1, 0.15) is 0 Å². The predicted octanol–water partition coefficient (Wildman–Crippen LogP) is 3.52. The molecule has 0 aromatic heterocycles. The number of benzene rings is 1. The molecule has 0 radical (unpaired) electrons. The van der Waals surface area contributed by atoms with E-state index in [1.54, 1.807) is 13.0 Å². The highest BCUT2D eigenvalue weighted by Crippen LogP contribution is 2.30. The van der Waals surface area contributed by atoms with Crippen molar-refractivity contribution in [3.8, 4) is 0 Å². The van der Waals surface area contributed by atoms with Crippen LogP contribution in [-0.2, 0) is 6.18 Å². The van der Waals surface area contributed by atoms with Crippen LogP contribution in [0.4, 0.5) is 18.9 Å². The lowest BCUT2D eigenvalue weighted by molar-refractivity contribution is -0.137. The van der Waals surface area contributed by atoms with Crippen LogP contribution in [0, 0.1) is 5.92 Å². The van der Waals surface area contributed by atoms with Gasteiger partial charge in [0, 0.05) is 12.2 Å². The minimum Gasteiger partial charge on any atom is -0.388 e. The molecule has 0 aliphatic heterocycles. The first-order chi connectivity index (χ1) is 8.13. The van der Waals surface area contributed by atoms with E-state index >= 15 is 0 Å². The second-order valence-corrected chi connectivity index (χ2v) is 4.94. The number of halogens is 3. The topological polar surface area (TPSA) is 32.3 Å². The van der Waals surface area contributed by atoms with E-state index in [0.717, 1.165) is 12.1 Å². The minimum atomic E-state index is -4.35. The molecule has 1 unspecified atom stereocenters. The summed E-state index contributed by atoms with van der Waals surface area (Å²) in [7, 11) is 0. The van der Waals surface area contributed by atoms with Gasteiger partial charge in [-0.05, 0) is 31.0 Å². The molecule has 2 N–H and O–H groups in total. The first kappa shape index (κ1) is 14.8. The van der Waals surface area contributed by atoms with Gasteiger partial charge in [-0.15, -0.1) is 0 Å². The van der Waals surface area contributed by atoms with Crippen LogP contribution in [0.3, 0.4) is 0 Å². The van der Waals surface area contributed by atoms with Crippen LogP contribution in [0.25, 0.3) is 0 Å². The maximum atomic E-state index is 12.5. The average molecular weight is 261 g/mol. The van der Waals surface area contributed by atoms with Crippen LogP contribution in [0.5, 0.6) is 0 Å². The fourth-order valence-electron chi connectivity index (χ4n) is 1.29. The van der Waals surface area contributed by atoms with E-state index < -0.39 is 17.3 Å². The van der Waals surface area contributed by atoms with Crippen LogP contribution in [0.1, 0.15) is 26.3 Å². The van der Waals surface area contributed by atoms with E-state index in [1.165, 1.54) is 6.07 Å². The van der Waals surface area contributed by atoms with Crippen molar-refractivity contribution in [2.24, 2.45) is 5.92 Å². The van der Waals surface area contributed by atoms with E-state index in [4.69, 9.17) is 0 Å². The summed E-state index contributed by atoms with van der Waals surface area (Å²) in [6, 6.07) is 4.95. The zero-order chi connectivity index (χ0) is 14.0. The van der Waals surface area contributed by atoms with Crippen molar-refractivity contribution >= 4 is 5.69 Å². The largest absolute Gasteiger partial charge is 0.416 e. The Morgan fingerprint density at radius 1 is 1.28 bits per heavy atom. The third kappa shape index (κ3) is 3.91. The van der Waals surface area contributed by atoms with Crippen LogP contribution >= 0.6 is 0 Å². The lowest BCUT2D eigenvalue weighted by atomic mass is 9.92. The summed E-state index contributed by atoms with van der Waals surface area (Å²) < 4.78 is 37.5. The Labute approximate surface area is 105 Å². The smallest absolute Gasteiger partial charge is 0.388 e. The van der Waals surface area contributed by atoms with E-state index in [2.05, 4.69) is 5.32 Å². The summed E-state index contributed by atoms with van der Waals surface area (Å²) in [6.45, 7) is 5.56. The van der Waals surface area contributed by atoms with Crippen molar-refractivity contribution in [3.63, 3.8) is 0 Å². The summed E-state index contributed by atoms with van der Waals surface area (Å²) >= 11 is 0. The van der Waals surface area contributed by atoms with E-state index in [-0.39, 0.29) is 12.5 Å². The highest BCUT2D eigenvalue weighted by molar-refractivity contribution is 5.46. The highest BCUT2D eigenvalue weighted by atomic mass is 19.4. The Morgan fingerprint density at radius 3 is 2.39 bits per heavy atom. The monoisotopic (exact) mass is 261 g/mol. The van der Waals surface area contributed by atoms with Gasteiger partial charge in [-0.25, -0.2) is 0 Å². The molecule has 0 bridgehead atoms. The molecule has 0 spiro atoms. The predicted molar refractivity (Wildman–Crippen MR) is 65.4 cm³/mol. The molecule has 18 heavy (non-hydrogen) atoms. The zero-order valence-corrected chi connectivity index (χ0v) is 10.7. The van der Waals surface area contributed by atoms with Gasteiger partial charge < -0.3 is 10.4 Å². The summed E-state index contributed by atoms with van der Waals surface area (Å²) in [4.78, 5) is 0. The SMILES string of the molecule is CC(C)C(C)(O)CNc1cccc(C(F)(F)F)c1. The Hall–Kier alpha value is -1.23. The molecule has 2 nitrogen and oxygen atoms in total. The maximum absolute atomic E-state index is 12.5. The molecule has 1 atom stereocenters. The molecule has 1 rings (SSSR count). The molecule has 0 aliphatic rings. The number of hydrogen-bond donors (Lipinski definition) is 2. The summed E-state index contributed by atoms with van der Waals surface area (Å²) in [5.41, 5.74) is -1.31. The lowest BCUT2D eigenvalue weighted by Crippen LogP contribution is -2.38. The van der Waals surface area contributed by atoms with Gasteiger partial charge in [-0.3, -0.25) is 0 Å². The van der Waals surface area contributed by atoms with E-state index in [1.807, 2.05) is 13.8 Å². The molecule has 102 valence electrons. The van der Waals surface area contributed by atoms with Crippen molar-refractivity contribution in [1.82, 2.24) is 0 Å². The molecular weight excluding hydrogens is 243 g/mol. The first-order valence-corrected chi connectivity index (χ1v) is 5.76. The number of alkyl halides is 3. The number of anilines is 1. The third-order valence-electron chi connectivity index (χ3n) is 3.08. The normalized spacial score (nSPS) is 15.6. The van der Waals surface area contributed by atoms with Crippen molar-refractivity contribution in [1.29, 1.82) is 0 Å². The van der Waals surface area contributed by atoms with Crippen molar-refractivity contribution in [2.45, 2.75) is 32.5 Å². The molecule has 0 saturated heterocycles. The van der Waals surface area contributed by atoms with E-state index in [9.17, 15) is 18.3 Å². The van der Waals surface area contributed by atoms with Gasteiger partial charge in [0.25, 0.3) is 0 Å². The standard InChI is InChI=1S/C13H18F3NO/c1-9(2)12(3,18)8-17-11-6-4-5-10(7-11)13(14,15)16/h4-7,9,17-18H,8H2,1-3H3. The minimum absolute atomic E-state index is 0.01000. The Kier molecular flexibility index (Phi) is 4.27. The molecular formula is C13H18F3NO. The van der Waals surface area contributed by atoms with Gasteiger partial charge >= 0.3 is 6.18 Å². The molecule has 1 aromatic carbocycles.